The predicted molar refractivity (Wildman–Crippen MR) is 65.0 cm³/mol. The van der Waals surface area contributed by atoms with E-state index in [2.05, 4.69) is 10.1 Å². The number of rotatable bonds is 1. The van der Waals surface area contributed by atoms with Gasteiger partial charge in [0.1, 0.15) is 5.82 Å². The first-order valence-electron chi connectivity index (χ1n) is 5.58. The molecule has 2 heterocycles. The van der Waals surface area contributed by atoms with Gasteiger partial charge in [-0.05, 0) is 32.4 Å². The average molecular weight is 270 g/mol. The van der Waals surface area contributed by atoms with Crippen LogP contribution >= 0.6 is 0 Å². The monoisotopic (exact) mass is 270 g/mol. The first-order valence-corrected chi connectivity index (χ1v) is 5.58. The number of alkyl halides is 3. The second-order valence-electron chi connectivity index (χ2n) is 4.38. The maximum Gasteiger partial charge on any atom is 0.418 e. The summed E-state index contributed by atoms with van der Waals surface area (Å²) in [6, 6.07) is 2.70. The Bertz CT molecular complexity index is 629. The van der Waals surface area contributed by atoms with E-state index in [0.29, 0.717) is 22.9 Å². The molecular weight excluding hydrogens is 257 g/mol. The van der Waals surface area contributed by atoms with Crippen molar-refractivity contribution in [1.29, 1.82) is 0 Å². The zero-order valence-corrected chi connectivity index (χ0v) is 10.7. The Morgan fingerprint density at radius 3 is 2.26 bits per heavy atom. The third-order valence-electron chi connectivity index (χ3n) is 2.74. The minimum absolute atomic E-state index is 0.0966. The number of halogens is 3. The molecule has 0 amide bonds. The molecule has 2 N–H and O–H groups in total. The van der Waals surface area contributed by atoms with Gasteiger partial charge in [0, 0.05) is 6.07 Å². The molecule has 0 unspecified atom stereocenters. The molecule has 0 fully saturated rings. The van der Waals surface area contributed by atoms with E-state index in [9.17, 15) is 13.2 Å². The molecule has 4 nitrogen and oxygen atoms in total. The number of nitrogens with two attached hydrogens (primary N) is 1. The van der Waals surface area contributed by atoms with Gasteiger partial charge in [0.15, 0.2) is 5.82 Å². The quantitative estimate of drug-likeness (QED) is 0.866. The van der Waals surface area contributed by atoms with Gasteiger partial charge in [-0.2, -0.15) is 23.0 Å². The van der Waals surface area contributed by atoms with Crippen LogP contribution in [0.25, 0.3) is 5.82 Å². The van der Waals surface area contributed by atoms with Crippen molar-refractivity contribution in [3.63, 3.8) is 0 Å². The highest BCUT2D eigenvalue weighted by atomic mass is 19.4. The molecule has 0 aliphatic carbocycles. The van der Waals surface area contributed by atoms with Gasteiger partial charge in [0.25, 0.3) is 0 Å². The number of aryl methyl sites for hydroxylation is 3. The summed E-state index contributed by atoms with van der Waals surface area (Å²) in [6.45, 7) is 4.62. The summed E-state index contributed by atoms with van der Waals surface area (Å²) in [6.07, 6.45) is -4.41. The Balaban J connectivity index is 2.62. The molecule has 0 saturated heterocycles. The highest BCUT2D eigenvalue weighted by Gasteiger charge is 2.33. The molecule has 0 atom stereocenters. The number of pyridine rings is 1. The lowest BCUT2D eigenvalue weighted by Crippen LogP contribution is -2.13. The lowest BCUT2D eigenvalue weighted by Gasteiger charge is -2.14. The highest BCUT2D eigenvalue weighted by Crippen LogP contribution is 2.33. The van der Waals surface area contributed by atoms with Crippen LogP contribution in [0.15, 0.2) is 12.1 Å². The normalized spacial score (nSPS) is 11.9. The van der Waals surface area contributed by atoms with Gasteiger partial charge < -0.3 is 5.73 Å². The number of hydrogen-bond donors (Lipinski definition) is 1. The number of hydrogen-bond acceptors (Lipinski definition) is 3. The van der Waals surface area contributed by atoms with Gasteiger partial charge in [-0.3, -0.25) is 0 Å². The molecule has 0 bridgehead atoms. The van der Waals surface area contributed by atoms with E-state index in [1.54, 1.807) is 19.9 Å². The SMILES string of the molecule is Cc1cc(N)n(-c2nc(C)c(C(F)(F)F)cc2C)n1. The average Bonchev–Trinajstić information content (AvgIpc) is 2.59. The van der Waals surface area contributed by atoms with Gasteiger partial charge in [-0.15, -0.1) is 0 Å². The first kappa shape index (κ1) is 13.4. The van der Waals surface area contributed by atoms with Crippen molar-refractivity contribution in [2.45, 2.75) is 26.9 Å². The van der Waals surface area contributed by atoms with E-state index in [0.717, 1.165) is 6.07 Å². The van der Waals surface area contributed by atoms with Crippen LogP contribution in [0.5, 0.6) is 0 Å². The van der Waals surface area contributed by atoms with Crippen LogP contribution < -0.4 is 5.73 Å². The second kappa shape index (κ2) is 4.25. The molecule has 2 rings (SSSR count). The molecule has 0 saturated carbocycles. The summed E-state index contributed by atoms with van der Waals surface area (Å²) in [7, 11) is 0. The van der Waals surface area contributed by atoms with Crippen LogP contribution in [0.3, 0.4) is 0 Å². The Hall–Kier alpha value is -2.05. The summed E-state index contributed by atoms with van der Waals surface area (Å²) < 4.78 is 39.6. The van der Waals surface area contributed by atoms with E-state index in [1.165, 1.54) is 11.6 Å². The lowest BCUT2D eigenvalue weighted by molar-refractivity contribution is -0.138. The lowest BCUT2D eigenvalue weighted by atomic mass is 10.1. The zero-order valence-electron chi connectivity index (χ0n) is 10.7. The molecule has 19 heavy (non-hydrogen) atoms. The van der Waals surface area contributed by atoms with E-state index in [1.807, 2.05) is 0 Å². The minimum Gasteiger partial charge on any atom is -0.384 e. The summed E-state index contributed by atoms with van der Waals surface area (Å²) in [5.41, 5.74) is 5.96. The van der Waals surface area contributed by atoms with Crippen molar-refractivity contribution >= 4 is 5.82 Å². The standard InChI is InChI=1S/C12H13F3N4/c1-6-4-9(12(13,14)15)8(3)17-11(6)19-10(16)5-7(2)18-19/h4-5H,16H2,1-3H3. The fourth-order valence-corrected chi connectivity index (χ4v) is 1.88. The predicted octanol–water partition coefficient (Wildman–Crippen LogP) is 2.79. The van der Waals surface area contributed by atoms with Gasteiger partial charge in [-0.25, -0.2) is 4.98 Å². The molecule has 7 heteroatoms. The van der Waals surface area contributed by atoms with Crippen LogP contribution in [0.2, 0.25) is 0 Å². The van der Waals surface area contributed by atoms with Crippen LogP contribution in [0.4, 0.5) is 19.0 Å². The Kier molecular flexibility index (Phi) is 3.00. The van der Waals surface area contributed by atoms with Gasteiger partial charge in [-0.1, -0.05) is 0 Å². The van der Waals surface area contributed by atoms with Crippen molar-refractivity contribution in [3.05, 3.63) is 34.6 Å². The Labute approximate surface area is 108 Å². The van der Waals surface area contributed by atoms with Gasteiger partial charge in [0.2, 0.25) is 0 Å². The van der Waals surface area contributed by atoms with Gasteiger partial charge in [0.05, 0.1) is 17.0 Å². The van der Waals surface area contributed by atoms with Crippen LogP contribution in [-0.4, -0.2) is 14.8 Å². The summed E-state index contributed by atoms with van der Waals surface area (Å²) >= 11 is 0. The molecule has 2 aromatic heterocycles. The van der Waals surface area contributed by atoms with Crippen LogP contribution in [-0.2, 0) is 6.18 Å². The largest absolute Gasteiger partial charge is 0.418 e. The maximum atomic E-state index is 12.8. The van der Waals surface area contributed by atoms with E-state index >= 15 is 0 Å². The number of nitrogens with zero attached hydrogens (tertiary/aromatic N) is 3. The Morgan fingerprint density at radius 1 is 1.16 bits per heavy atom. The maximum absolute atomic E-state index is 12.8. The number of aromatic nitrogens is 3. The Morgan fingerprint density at radius 2 is 1.79 bits per heavy atom. The summed E-state index contributed by atoms with van der Waals surface area (Å²) in [4.78, 5) is 3.98. The van der Waals surface area contributed by atoms with Crippen LogP contribution in [0, 0.1) is 20.8 Å². The molecule has 0 aliphatic heterocycles. The number of nitrogen functional groups attached to an aromatic ring is 1. The smallest absolute Gasteiger partial charge is 0.384 e. The molecule has 0 spiro atoms. The van der Waals surface area contributed by atoms with Gasteiger partial charge >= 0.3 is 6.18 Å². The fraction of sp³-hybridized carbons (Fsp3) is 0.333. The molecule has 0 aliphatic rings. The third-order valence-corrected chi connectivity index (χ3v) is 2.74. The second-order valence-corrected chi connectivity index (χ2v) is 4.38. The van der Waals surface area contributed by atoms with Crippen LogP contribution in [0.1, 0.15) is 22.5 Å². The topological polar surface area (TPSA) is 56.7 Å². The van der Waals surface area contributed by atoms with Crippen molar-refractivity contribution < 1.29 is 13.2 Å². The molecule has 2 aromatic rings. The zero-order chi connectivity index (χ0) is 14.4. The van der Waals surface area contributed by atoms with E-state index in [4.69, 9.17) is 5.73 Å². The van der Waals surface area contributed by atoms with E-state index < -0.39 is 11.7 Å². The highest BCUT2D eigenvalue weighted by molar-refractivity contribution is 5.45. The molecular formula is C12H13F3N4. The third kappa shape index (κ3) is 2.40. The molecule has 0 radical (unpaired) electrons. The first-order chi connectivity index (χ1) is 8.70. The summed E-state index contributed by atoms with van der Waals surface area (Å²) in [5, 5.41) is 4.12. The summed E-state index contributed by atoms with van der Waals surface area (Å²) in [5.74, 6) is 0.656. The number of anilines is 1. The van der Waals surface area contributed by atoms with E-state index in [-0.39, 0.29) is 5.69 Å². The minimum atomic E-state index is -4.41. The van der Waals surface area contributed by atoms with Crippen molar-refractivity contribution in [1.82, 2.24) is 14.8 Å². The molecule has 102 valence electrons. The van der Waals surface area contributed by atoms with Crippen molar-refractivity contribution in [2.24, 2.45) is 0 Å². The molecule has 0 aromatic carbocycles. The fourth-order valence-electron chi connectivity index (χ4n) is 1.88. The van der Waals surface area contributed by atoms with Crippen molar-refractivity contribution in [3.8, 4) is 5.82 Å². The van der Waals surface area contributed by atoms with Crippen molar-refractivity contribution in [2.75, 3.05) is 5.73 Å².